The van der Waals surface area contributed by atoms with Crippen LogP contribution in [0.2, 0.25) is 0 Å². The Kier molecular flexibility index (Phi) is 30.8. The maximum atomic E-state index is 15.1. The molecule has 0 spiro atoms. The molecule has 84 heavy (non-hydrogen) atoms. The van der Waals surface area contributed by atoms with Crippen LogP contribution in [0.1, 0.15) is 150 Å². The van der Waals surface area contributed by atoms with E-state index < -0.39 is 162 Å². The summed E-state index contributed by atoms with van der Waals surface area (Å²) in [5.41, 5.74) is 0. The number of hydrogen-bond acceptors (Lipinski definition) is 12. The van der Waals surface area contributed by atoms with Crippen molar-refractivity contribution in [1.82, 2.24) is 55.6 Å². The predicted molar refractivity (Wildman–Crippen MR) is 324 cm³/mol. The molecule has 11 amide bonds. The first-order valence-electron chi connectivity index (χ1n) is 30.1. The first-order chi connectivity index (χ1) is 38.7. The molecular formula is C61H109N11O12. The molecule has 1 saturated heterocycles. The van der Waals surface area contributed by atoms with Gasteiger partial charge < -0.3 is 60.7 Å². The van der Waals surface area contributed by atoms with Gasteiger partial charge in [-0.1, -0.05) is 109 Å². The molecule has 1 aliphatic rings. The lowest BCUT2D eigenvalue weighted by Crippen LogP contribution is -2.63. The third-order valence-electron chi connectivity index (χ3n) is 15.9. The smallest absolute Gasteiger partial charge is 0.246 e. The topological polar surface area (TPSA) is 279 Å². The number of carbonyl (C=O) groups excluding carboxylic acids is 11. The van der Waals surface area contributed by atoms with Crippen molar-refractivity contribution in [1.29, 1.82) is 0 Å². The number of nitrogens with zero attached hydrogens (tertiary/aromatic N) is 7. The van der Waals surface area contributed by atoms with Crippen LogP contribution in [-0.4, -0.2) is 227 Å². The van der Waals surface area contributed by atoms with Gasteiger partial charge in [-0.05, 0) is 94.3 Å². The van der Waals surface area contributed by atoms with Crippen molar-refractivity contribution in [3.8, 4) is 0 Å². The van der Waals surface area contributed by atoms with Crippen molar-refractivity contribution in [2.24, 2.45) is 41.4 Å². The first kappa shape index (κ1) is 75.9. The van der Waals surface area contributed by atoms with Crippen molar-refractivity contribution >= 4 is 65.0 Å². The second-order valence-electron chi connectivity index (χ2n) is 25.6. The van der Waals surface area contributed by atoms with E-state index in [9.17, 15) is 48.3 Å². The molecule has 0 radical (unpaired) electrons. The molecule has 1 fully saturated rings. The lowest BCUT2D eigenvalue weighted by Gasteiger charge is -2.41. The van der Waals surface area contributed by atoms with E-state index in [1.54, 1.807) is 74.5 Å². The quantitative estimate of drug-likeness (QED) is 0.157. The summed E-state index contributed by atoms with van der Waals surface area (Å²) in [4.78, 5) is 168. The highest BCUT2D eigenvalue weighted by atomic mass is 16.3. The number of hydrogen-bond donors (Lipinski definition) is 5. The van der Waals surface area contributed by atoms with Crippen LogP contribution in [0.4, 0.5) is 0 Å². The van der Waals surface area contributed by atoms with Crippen molar-refractivity contribution < 1.29 is 57.8 Å². The zero-order chi connectivity index (χ0) is 65.3. The number of nitrogens with one attached hydrogen (secondary N) is 4. The minimum absolute atomic E-state index is 0.0215. The van der Waals surface area contributed by atoms with E-state index in [1.165, 1.54) is 87.7 Å². The zero-order valence-electron chi connectivity index (χ0n) is 55.4. The maximum Gasteiger partial charge on any atom is 0.246 e. The molecule has 23 heteroatoms. The van der Waals surface area contributed by atoms with E-state index in [0.29, 0.717) is 6.42 Å². The molecule has 480 valence electrons. The van der Waals surface area contributed by atoms with Crippen LogP contribution in [0.5, 0.6) is 0 Å². The molecule has 0 bridgehead atoms. The number of aliphatic hydroxyl groups is 1. The van der Waals surface area contributed by atoms with E-state index in [1.807, 2.05) is 41.5 Å². The van der Waals surface area contributed by atoms with Crippen molar-refractivity contribution in [3.05, 3.63) is 12.2 Å². The Morgan fingerprint density at radius 1 is 0.464 bits per heavy atom. The van der Waals surface area contributed by atoms with Gasteiger partial charge in [0.15, 0.2) is 0 Å². The van der Waals surface area contributed by atoms with Gasteiger partial charge in [0, 0.05) is 49.3 Å². The Hall–Kier alpha value is -6.13. The second kappa shape index (κ2) is 34.1. The SMILES string of the molecule is C/C=C\C[C@@H](C)[C@@H](O)[C@H]1C(=O)N[C@@H](CC)C(=O)N(C)CC(=O)N(C)[C@@H](C(C)C)C(=O)N[C@@H](C(C)C)C(=O)N(C)[C@@H](CC(C)C)C(=O)N[C@@H](C)C(=O)N[C@@H](C)C(=O)N(C)[C@@H](CC(C)C)C(=O)N(C)[C@@H](CC(C)C)C(=O)N(C)[C@@H](C(C)C)C(=O)N1C. The molecule has 0 saturated carbocycles. The van der Waals surface area contributed by atoms with E-state index >= 15 is 9.59 Å². The number of amides is 11. The van der Waals surface area contributed by atoms with Crippen LogP contribution in [-0.2, 0) is 52.7 Å². The normalized spacial score (nSPS) is 27.1. The molecule has 0 aromatic heterocycles. The summed E-state index contributed by atoms with van der Waals surface area (Å²) in [5, 5.41) is 23.0. The summed E-state index contributed by atoms with van der Waals surface area (Å²) in [6.45, 7) is 29.0. The molecule has 0 unspecified atom stereocenters. The van der Waals surface area contributed by atoms with Crippen LogP contribution in [0, 0.1) is 41.4 Å². The fourth-order valence-electron chi connectivity index (χ4n) is 10.7. The molecule has 0 aliphatic carbocycles. The lowest BCUT2D eigenvalue weighted by atomic mass is 9.91. The average molecular weight is 1190 g/mol. The fourth-order valence-corrected chi connectivity index (χ4v) is 10.7. The number of allylic oxidation sites excluding steroid dienone is 2. The summed E-state index contributed by atoms with van der Waals surface area (Å²) in [6, 6.07) is -12.4. The first-order valence-corrected chi connectivity index (χ1v) is 30.1. The van der Waals surface area contributed by atoms with Crippen LogP contribution >= 0.6 is 0 Å². The number of aliphatic hydroxyl groups excluding tert-OH is 1. The van der Waals surface area contributed by atoms with Crippen LogP contribution in [0.3, 0.4) is 0 Å². The van der Waals surface area contributed by atoms with Crippen molar-refractivity contribution in [2.75, 3.05) is 55.9 Å². The monoisotopic (exact) mass is 1190 g/mol. The van der Waals surface area contributed by atoms with Gasteiger partial charge in [-0.2, -0.15) is 0 Å². The Bertz CT molecular complexity index is 2310. The zero-order valence-corrected chi connectivity index (χ0v) is 55.4. The highest BCUT2D eigenvalue weighted by Crippen LogP contribution is 2.25. The highest BCUT2D eigenvalue weighted by Gasteiger charge is 2.46. The van der Waals surface area contributed by atoms with Gasteiger partial charge >= 0.3 is 0 Å². The molecule has 0 aromatic rings. The van der Waals surface area contributed by atoms with Gasteiger partial charge in [-0.15, -0.1) is 0 Å². The van der Waals surface area contributed by atoms with Gasteiger partial charge in [0.2, 0.25) is 65.0 Å². The van der Waals surface area contributed by atoms with E-state index in [0.717, 1.165) is 9.80 Å². The van der Waals surface area contributed by atoms with Crippen LogP contribution in [0.15, 0.2) is 12.2 Å². The van der Waals surface area contributed by atoms with Crippen molar-refractivity contribution in [3.63, 3.8) is 0 Å². The summed E-state index contributed by atoms with van der Waals surface area (Å²) < 4.78 is 0. The van der Waals surface area contributed by atoms with Gasteiger partial charge in [-0.3, -0.25) is 52.7 Å². The minimum atomic E-state index is -1.61. The highest BCUT2D eigenvalue weighted by molar-refractivity contribution is 5.99. The summed E-state index contributed by atoms with van der Waals surface area (Å²) in [7, 11) is 9.88. The summed E-state index contributed by atoms with van der Waals surface area (Å²) in [6.07, 6.45) is 2.88. The molecule has 1 rings (SSSR count). The van der Waals surface area contributed by atoms with E-state index in [4.69, 9.17) is 0 Å². The van der Waals surface area contributed by atoms with Crippen LogP contribution < -0.4 is 21.3 Å². The molecule has 5 N–H and O–H groups in total. The van der Waals surface area contributed by atoms with Crippen molar-refractivity contribution in [2.45, 2.75) is 216 Å². The Balaban J connectivity index is 4.30. The molecule has 12 atom stereocenters. The molecule has 1 heterocycles. The Morgan fingerprint density at radius 2 is 0.893 bits per heavy atom. The number of likely N-dealkylation sites (N-methyl/N-ethyl adjacent to an activating group) is 7. The summed E-state index contributed by atoms with van der Waals surface area (Å²) in [5.74, 6) is -10.1. The third-order valence-corrected chi connectivity index (χ3v) is 15.9. The molecule has 23 nitrogen and oxygen atoms in total. The second-order valence-corrected chi connectivity index (χ2v) is 25.6. The lowest BCUT2D eigenvalue weighted by molar-refractivity contribution is -0.157. The fraction of sp³-hybridized carbons (Fsp3) is 0.787. The van der Waals surface area contributed by atoms with Gasteiger partial charge in [0.05, 0.1) is 12.6 Å². The Labute approximate surface area is 502 Å². The largest absolute Gasteiger partial charge is 0.390 e. The predicted octanol–water partition coefficient (Wildman–Crippen LogP) is 2.88. The molecular weight excluding hydrogens is 1080 g/mol. The Morgan fingerprint density at radius 3 is 1.35 bits per heavy atom. The van der Waals surface area contributed by atoms with Gasteiger partial charge in [0.25, 0.3) is 0 Å². The number of carbonyl (C=O) groups is 11. The van der Waals surface area contributed by atoms with E-state index in [2.05, 4.69) is 21.3 Å². The minimum Gasteiger partial charge on any atom is -0.390 e. The maximum absolute atomic E-state index is 15.1. The number of rotatable bonds is 14. The summed E-state index contributed by atoms with van der Waals surface area (Å²) >= 11 is 0. The van der Waals surface area contributed by atoms with Gasteiger partial charge in [-0.25, -0.2) is 0 Å². The average Bonchev–Trinajstić information content (AvgIpc) is 3.42. The molecule has 1 aliphatic heterocycles. The van der Waals surface area contributed by atoms with E-state index in [-0.39, 0.29) is 43.4 Å². The third kappa shape index (κ3) is 20.5. The van der Waals surface area contributed by atoms with Gasteiger partial charge in [0.1, 0.15) is 60.4 Å². The molecule has 0 aromatic carbocycles. The van der Waals surface area contributed by atoms with Crippen LogP contribution in [0.25, 0.3) is 0 Å². The standard InChI is InChI=1S/C61H109N11O12/c1-25-27-28-39(15)51(74)50-55(78)64-42(26-2)57(80)66(18)32-46(73)70(22)48(37(11)12)54(77)65-47(36(9)10)60(83)67(19)43(29-33(3)4)53(76)62-40(16)52(75)63-41(17)56(79)68(20)44(30-34(5)6)58(81)69(21)45(31-35(7)8)59(82)71(23)49(38(13)14)61(84)72(50)24/h25,27,33-45,47-51,74H,26,28-32H2,1-24H3,(H,62,76)(H,63,75)(H,64,78)(H,65,77)/b27-25-/t39-,40+,41+,42+,43+,44+,45+,47+,48+,49+,50+,51-/m1/s1.